The van der Waals surface area contributed by atoms with Crippen LogP contribution in [0.5, 0.6) is 0 Å². The van der Waals surface area contributed by atoms with Gasteiger partial charge in [0.25, 0.3) is 0 Å². The molecule has 90 valence electrons. The Morgan fingerprint density at radius 1 is 1.44 bits per heavy atom. The molecule has 0 aliphatic heterocycles. The third kappa shape index (κ3) is 5.01. The summed E-state index contributed by atoms with van der Waals surface area (Å²) in [5.41, 5.74) is 0.886. The van der Waals surface area contributed by atoms with Crippen LogP contribution in [0.2, 0.25) is 0 Å². The van der Waals surface area contributed by atoms with Crippen molar-refractivity contribution in [2.24, 2.45) is 0 Å². The molecule has 0 saturated carbocycles. The number of halogens is 2. The van der Waals surface area contributed by atoms with E-state index in [1.807, 2.05) is 0 Å². The Balaban J connectivity index is 2.52. The summed E-state index contributed by atoms with van der Waals surface area (Å²) in [6.07, 6.45) is 2.91. The summed E-state index contributed by atoms with van der Waals surface area (Å²) < 4.78 is 18.0. The summed E-state index contributed by atoms with van der Waals surface area (Å²) in [6, 6.07) is 1.51. The second-order valence-corrected chi connectivity index (χ2v) is 4.26. The van der Waals surface area contributed by atoms with Gasteiger partial charge in [-0.15, -0.1) is 0 Å². The van der Waals surface area contributed by atoms with Gasteiger partial charge in [-0.2, -0.15) is 0 Å². The zero-order valence-electron chi connectivity index (χ0n) is 9.33. The highest BCUT2D eigenvalue weighted by molar-refractivity contribution is 9.09. The Kier molecular flexibility index (Phi) is 6.52. The van der Waals surface area contributed by atoms with Gasteiger partial charge in [0.2, 0.25) is 0 Å². The molecule has 5 heteroatoms. The van der Waals surface area contributed by atoms with Gasteiger partial charge in [0, 0.05) is 38.3 Å². The maximum atomic E-state index is 12.9. The molecule has 0 saturated heterocycles. The van der Waals surface area contributed by atoms with E-state index in [1.54, 1.807) is 13.3 Å². The van der Waals surface area contributed by atoms with E-state index in [0.29, 0.717) is 13.2 Å². The maximum Gasteiger partial charge on any atom is 0.141 e. The normalized spacial score (nSPS) is 11.0. The van der Waals surface area contributed by atoms with E-state index in [-0.39, 0.29) is 5.82 Å². The van der Waals surface area contributed by atoms with E-state index in [9.17, 15) is 4.39 Å². The number of ether oxygens (including phenoxy) is 1. The van der Waals surface area contributed by atoms with Gasteiger partial charge in [0.1, 0.15) is 5.82 Å². The third-order valence-electron chi connectivity index (χ3n) is 2.18. The van der Waals surface area contributed by atoms with Gasteiger partial charge >= 0.3 is 0 Å². The Morgan fingerprint density at radius 2 is 2.25 bits per heavy atom. The van der Waals surface area contributed by atoms with Crippen molar-refractivity contribution in [1.82, 2.24) is 9.88 Å². The predicted octanol–water partition coefficient (Wildman–Crippen LogP) is 2.06. The van der Waals surface area contributed by atoms with E-state index >= 15 is 0 Å². The number of aromatic nitrogens is 1. The molecule has 0 N–H and O–H groups in total. The fourth-order valence-corrected chi connectivity index (χ4v) is 1.91. The van der Waals surface area contributed by atoms with Crippen LogP contribution in [0.1, 0.15) is 5.56 Å². The lowest BCUT2D eigenvalue weighted by Gasteiger charge is -2.20. The van der Waals surface area contributed by atoms with E-state index < -0.39 is 0 Å². The minimum atomic E-state index is -0.289. The van der Waals surface area contributed by atoms with Crippen molar-refractivity contribution < 1.29 is 9.13 Å². The number of alkyl halides is 1. The van der Waals surface area contributed by atoms with Crippen LogP contribution >= 0.6 is 15.9 Å². The monoisotopic (exact) mass is 290 g/mol. The fourth-order valence-electron chi connectivity index (χ4n) is 1.41. The van der Waals surface area contributed by atoms with Gasteiger partial charge in [0.15, 0.2) is 0 Å². The number of rotatable bonds is 7. The quantitative estimate of drug-likeness (QED) is 0.719. The van der Waals surface area contributed by atoms with Crippen molar-refractivity contribution in [3.05, 3.63) is 29.8 Å². The molecule has 0 spiro atoms. The molecular weight excluding hydrogens is 275 g/mol. The van der Waals surface area contributed by atoms with Gasteiger partial charge in [-0.25, -0.2) is 4.39 Å². The molecule has 0 amide bonds. The summed E-state index contributed by atoms with van der Waals surface area (Å²) in [4.78, 5) is 6.02. The van der Waals surface area contributed by atoms with Crippen LogP contribution in [0, 0.1) is 5.82 Å². The lowest BCUT2D eigenvalue weighted by atomic mass is 10.2. The molecule has 0 unspecified atom stereocenters. The maximum absolute atomic E-state index is 12.9. The average Bonchev–Trinajstić information content (AvgIpc) is 2.26. The number of hydrogen-bond acceptors (Lipinski definition) is 3. The molecule has 1 heterocycles. The second-order valence-electron chi connectivity index (χ2n) is 3.47. The lowest BCUT2D eigenvalue weighted by Crippen LogP contribution is -2.28. The molecule has 0 aromatic carbocycles. The zero-order chi connectivity index (χ0) is 11.8. The summed E-state index contributed by atoms with van der Waals surface area (Å²) in [5, 5.41) is 0.888. The molecule has 0 radical (unpaired) electrons. The summed E-state index contributed by atoms with van der Waals surface area (Å²) in [6.45, 7) is 3.11. The first-order valence-electron chi connectivity index (χ1n) is 5.13. The second kappa shape index (κ2) is 7.70. The van der Waals surface area contributed by atoms with Gasteiger partial charge in [0.05, 0.1) is 12.8 Å². The first-order valence-corrected chi connectivity index (χ1v) is 6.25. The number of pyridine rings is 1. The Morgan fingerprint density at radius 3 is 2.88 bits per heavy atom. The molecule has 1 rings (SSSR count). The largest absolute Gasteiger partial charge is 0.383 e. The van der Waals surface area contributed by atoms with Crippen molar-refractivity contribution >= 4 is 15.9 Å². The van der Waals surface area contributed by atoms with E-state index in [0.717, 1.165) is 24.0 Å². The summed E-state index contributed by atoms with van der Waals surface area (Å²) >= 11 is 3.40. The van der Waals surface area contributed by atoms with Gasteiger partial charge in [-0.1, -0.05) is 15.9 Å². The topological polar surface area (TPSA) is 25.4 Å². The van der Waals surface area contributed by atoms with Crippen LogP contribution < -0.4 is 0 Å². The van der Waals surface area contributed by atoms with Crippen molar-refractivity contribution in [2.45, 2.75) is 6.54 Å². The third-order valence-corrected chi connectivity index (χ3v) is 2.53. The van der Waals surface area contributed by atoms with Crippen molar-refractivity contribution in [3.8, 4) is 0 Å². The smallest absolute Gasteiger partial charge is 0.141 e. The molecule has 0 bridgehead atoms. The summed E-state index contributed by atoms with van der Waals surface area (Å²) in [7, 11) is 1.68. The number of nitrogens with zero attached hydrogens (tertiary/aromatic N) is 2. The molecule has 0 atom stereocenters. The standard InChI is InChI=1S/C11H16BrFN2O/c1-16-5-4-15(3-2-12)9-10-6-11(13)8-14-7-10/h6-8H,2-5,9H2,1H3. The molecule has 1 aromatic rings. The fraction of sp³-hybridized carbons (Fsp3) is 0.545. The van der Waals surface area contributed by atoms with Crippen molar-refractivity contribution in [2.75, 3.05) is 32.1 Å². The van der Waals surface area contributed by atoms with E-state index in [1.165, 1.54) is 12.3 Å². The number of methoxy groups -OCH3 is 1. The van der Waals surface area contributed by atoms with Gasteiger partial charge < -0.3 is 4.74 Å². The van der Waals surface area contributed by atoms with Crippen LogP contribution in [0.15, 0.2) is 18.5 Å². The molecule has 0 aliphatic carbocycles. The highest BCUT2D eigenvalue weighted by atomic mass is 79.9. The first-order chi connectivity index (χ1) is 7.76. The zero-order valence-corrected chi connectivity index (χ0v) is 10.9. The molecule has 16 heavy (non-hydrogen) atoms. The van der Waals surface area contributed by atoms with Crippen LogP contribution in [-0.2, 0) is 11.3 Å². The molecule has 1 aromatic heterocycles. The minimum absolute atomic E-state index is 0.289. The molecule has 0 aliphatic rings. The molecule has 0 fully saturated rings. The first kappa shape index (κ1) is 13.5. The van der Waals surface area contributed by atoms with E-state index in [2.05, 4.69) is 25.8 Å². The SMILES string of the molecule is COCCN(CCBr)Cc1cncc(F)c1. The Hall–Kier alpha value is -0.520. The average molecular weight is 291 g/mol. The summed E-state index contributed by atoms with van der Waals surface area (Å²) in [5.74, 6) is -0.289. The van der Waals surface area contributed by atoms with Crippen LogP contribution in [0.4, 0.5) is 4.39 Å². The van der Waals surface area contributed by atoms with Crippen molar-refractivity contribution in [1.29, 1.82) is 0 Å². The predicted molar refractivity (Wildman–Crippen MR) is 65.1 cm³/mol. The Labute approximate surface area is 104 Å². The molecular formula is C11H16BrFN2O. The highest BCUT2D eigenvalue weighted by Gasteiger charge is 2.05. The molecule has 3 nitrogen and oxygen atoms in total. The van der Waals surface area contributed by atoms with E-state index in [4.69, 9.17) is 4.74 Å². The number of hydrogen-bond donors (Lipinski definition) is 0. The van der Waals surface area contributed by atoms with Gasteiger partial charge in [-0.3, -0.25) is 9.88 Å². The van der Waals surface area contributed by atoms with Crippen LogP contribution in [-0.4, -0.2) is 42.0 Å². The van der Waals surface area contributed by atoms with Crippen LogP contribution in [0.25, 0.3) is 0 Å². The minimum Gasteiger partial charge on any atom is -0.383 e. The highest BCUT2D eigenvalue weighted by Crippen LogP contribution is 2.05. The lowest BCUT2D eigenvalue weighted by molar-refractivity contribution is 0.148. The Bertz CT molecular complexity index is 312. The van der Waals surface area contributed by atoms with Crippen LogP contribution in [0.3, 0.4) is 0 Å². The van der Waals surface area contributed by atoms with Gasteiger partial charge in [-0.05, 0) is 11.6 Å². The van der Waals surface area contributed by atoms with Crippen molar-refractivity contribution in [3.63, 3.8) is 0 Å².